The van der Waals surface area contributed by atoms with Crippen LogP contribution in [0.15, 0.2) is 12.2 Å². The Bertz CT molecular complexity index is 188. The highest BCUT2D eigenvalue weighted by Gasteiger charge is 1.94. The maximum atomic E-state index is 9.97. The Morgan fingerprint density at radius 3 is 1.57 bits per heavy atom. The van der Waals surface area contributed by atoms with Gasteiger partial charge in [0.1, 0.15) is 13.2 Å². The van der Waals surface area contributed by atoms with Crippen LogP contribution in [0.5, 0.6) is 0 Å². The van der Waals surface area contributed by atoms with Crippen LogP contribution in [0.2, 0.25) is 0 Å². The molecule has 0 radical (unpaired) electrons. The Labute approximate surface area is 80.7 Å². The second kappa shape index (κ2) is 8.21. The van der Waals surface area contributed by atoms with Crippen LogP contribution in [-0.2, 0) is 19.1 Å². The smallest absolute Gasteiger partial charge is 0.329 e. The van der Waals surface area contributed by atoms with Gasteiger partial charge in [-0.2, -0.15) is 0 Å². The molecule has 0 aliphatic heterocycles. The standard InChI is InChI=1S/C8H12O6/c9-7(10)5-13-3-1-2-4-14-6-8(11)12/h1-2H,3-6H2,(H,9,10)(H,11,12)/b2-1-. The van der Waals surface area contributed by atoms with Crippen LogP contribution in [0.1, 0.15) is 0 Å². The molecule has 0 unspecified atom stereocenters. The summed E-state index contributed by atoms with van der Waals surface area (Å²) in [5.41, 5.74) is 0. The average molecular weight is 204 g/mol. The highest BCUT2D eigenvalue weighted by molar-refractivity contribution is 5.68. The lowest BCUT2D eigenvalue weighted by Crippen LogP contribution is -2.07. The summed E-state index contributed by atoms with van der Waals surface area (Å²) >= 11 is 0. The molecule has 6 nitrogen and oxygen atoms in total. The molecular weight excluding hydrogens is 192 g/mol. The molecule has 14 heavy (non-hydrogen) atoms. The minimum atomic E-state index is -1.03. The van der Waals surface area contributed by atoms with Gasteiger partial charge >= 0.3 is 11.9 Å². The topological polar surface area (TPSA) is 93.1 Å². The van der Waals surface area contributed by atoms with Crippen molar-refractivity contribution in [1.29, 1.82) is 0 Å². The second-order valence-corrected chi connectivity index (χ2v) is 2.29. The molecular formula is C8H12O6. The third kappa shape index (κ3) is 10.6. The lowest BCUT2D eigenvalue weighted by Gasteiger charge is -1.96. The van der Waals surface area contributed by atoms with E-state index < -0.39 is 11.9 Å². The van der Waals surface area contributed by atoms with Gasteiger partial charge in [-0.3, -0.25) is 0 Å². The molecule has 0 bridgehead atoms. The van der Waals surface area contributed by atoms with E-state index in [1.165, 1.54) is 0 Å². The molecule has 0 heterocycles. The minimum absolute atomic E-state index is 0.169. The van der Waals surface area contributed by atoms with Gasteiger partial charge in [-0.05, 0) is 0 Å². The van der Waals surface area contributed by atoms with Crippen molar-refractivity contribution in [2.45, 2.75) is 0 Å². The summed E-state index contributed by atoms with van der Waals surface area (Å²) in [5.74, 6) is -2.05. The lowest BCUT2D eigenvalue weighted by atomic mass is 10.5. The van der Waals surface area contributed by atoms with E-state index in [0.29, 0.717) is 0 Å². The SMILES string of the molecule is O=C(O)COC/C=C\COCC(=O)O. The van der Waals surface area contributed by atoms with Crippen molar-refractivity contribution in [3.05, 3.63) is 12.2 Å². The van der Waals surface area contributed by atoms with E-state index in [0.717, 1.165) is 0 Å². The molecule has 0 aromatic carbocycles. The molecule has 0 atom stereocenters. The van der Waals surface area contributed by atoms with Crippen LogP contribution >= 0.6 is 0 Å². The van der Waals surface area contributed by atoms with E-state index >= 15 is 0 Å². The van der Waals surface area contributed by atoms with Gasteiger partial charge in [-0.15, -0.1) is 0 Å². The average Bonchev–Trinajstić information content (AvgIpc) is 2.08. The van der Waals surface area contributed by atoms with Gasteiger partial charge in [0.05, 0.1) is 13.2 Å². The van der Waals surface area contributed by atoms with E-state index in [9.17, 15) is 9.59 Å². The van der Waals surface area contributed by atoms with Crippen LogP contribution in [0.4, 0.5) is 0 Å². The summed E-state index contributed by atoms with van der Waals surface area (Å²) in [6.45, 7) is -0.355. The highest BCUT2D eigenvalue weighted by atomic mass is 16.5. The van der Waals surface area contributed by atoms with Crippen LogP contribution in [-0.4, -0.2) is 48.6 Å². The van der Waals surface area contributed by atoms with Crippen LogP contribution in [0.3, 0.4) is 0 Å². The molecule has 0 rings (SSSR count). The number of hydrogen-bond acceptors (Lipinski definition) is 4. The molecule has 80 valence electrons. The van der Waals surface area contributed by atoms with Gasteiger partial charge in [0.25, 0.3) is 0 Å². The van der Waals surface area contributed by atoms with Gasteiger partial charge in [0.2, 0.25) is 0 Å². The summed E-state index contributed by atoms with van der Waals surface area (Å²) < 4.78 is 9.33. The molecule has 0 aliphatic rings. The largest absolute Gasteiger partial charge is 0.480 e. The number of carbonyl (C=O) groups is 2. The van der Waals surface area contributed by atoms with Crippen LogP contribution in [0.25, 0.3) is 0 Å². The Hall–Kier alpha value is -1.40. The first-order valence-corrected chi connectivity index (χ1v) is 3.87. The molecule has 0 amide bonds. The number of ether oxygens (including phenoxy) is 2. The van der Waals surface area contributed by atoms with E-state index in [-0.39, 0.29) is 26.4 Å². The van der Waals surface area contributed by atoms with Crippen molar-refractivity contribution in [2.24, 2.45) is 0 Å². The Morgan fingerprint density at radius 2 is 1.29 bits per heavy atom. The van der Waals surface area contributed by atoms with Gasteiger partial charge in [0, 0.05) is 0 Å². The van der Waals surface area contributed by atoms with E-state index in [2.05, 4.69) is 9.47 Å². The zero-order chi connectivity index (χ0) is 10.8. The maximum Gasteiger partial charge on any atom is 0.329 e. The quantitative estimate of drug-likeness (QED) is 0.418. The number of carboxylic acid groups (broad SMARTS) is 2. The van der Waals surface area contributed by atoms with E-state index in [1.54, 1.807) is 12.2 Å². The van der Waals surface area contributed by atoms with Gasteiger partial charge in [-0.1, -0.05) is 12.2 Å². The van der Waals surface area contributed by atoms with Crippen molar-refractivity contribution >= 4 is 11.9 Å². The Morgan fingerprint density at radius 1 is 0.929 bits per heavy atom. The molecule has 0 aromatic rings. The normalized spacial score (nSPS) is 10.6. The summed E-state index contributed by atoms with van der Waals surface area (Å²) in [6, 6.07) is 0. The molecule has 0 saturated carbocycles. The molecule has 0 aromatic heterocycles. The summed E-state index contributed by atoms with van der Waals surface area (Å²) in [6.07, 6.45) is 3.12. The van der Waals surface area contributed by atoms with E-state index in [1.807, 2.05) is 0 Å². The third-order valence-corrected chi connectivity index (χ3v) is 1.05. The molecule has 0 spiro atoms. The first-order valence-electron chi connectivity index (χ1n) is 3.87. The number of rotatable bonds is 8. The highest BCUT2D eigenvalue weighted by Crippen LogP contribution is 1.81. The maximum absolute atomic E-state index is 9.97. The van der Waals surface area contributed by atoms with Gasteiger partial charge < -0.3 is 19.7 Å². The molecule has 0 fully saturated rings. The number of hydrogen-bond donors (Lipinski definition) is 2. The fourth-order valence-electron chi connectivity index (χ4n) is 0.565. The van der Waals surface area contributed by atoms with Gasteiger partial charge in [0.15, 0.2) is 0 Å². The van der Waals surface area contributed by atoms with Crippen molar-refractivity contribution in [1.82, 2.24) is 0 Å². The van der Waals surface area contributed by atoms with Crippen molar-refractivity contribution in [3.63, 3.8) is 0 Å². The summed E-state index contributed by atoms with van der Waals surface area (Å²) in [5, 5.41) is 16.4. The predicted molar refractivity (Wildman–Crippen MR) is 46.0 cm³/mol. The zero-order valence-corrected chi connectivity index (χ0v) is 7.51. The fraction of sp³-hybridized carbons (Fsp3) is 0.500. The first-order chi connectivity index (χ1) is 6.63. The fourth-order valence-corrected chi connectivity index (χ4v) is 0.565. The number of carboxylic acids is 2. The molecule has 6 heteroatoms. The monoisotopic (exact) mass is 204 g/mol. The Kier molecular flexibility index (Phi) is 7.39. The zero-order valence-electron chi connectivity index (χ0n) is 7.51. The van der Waals surface area contributed by atoms with Crippen molar-refractivity contribution in [3.8, 4) is 0 Å². The first kappa shape index (κ1) is 12.6. The van der Waals surface area contributed by atoms with Gasteiger partial charge in [-0.25, -0.2) is 9.59 Å². The molecule has 0 aliphatic carbocycles. The van der Waals surface area contributed by atoms with Crippen molar-refractivity contribution in [2.75, 3.05) is 26.4 Å². The van der Waals surface area contributed by atoms with E-state index in [4.69, 9.17) is 10.2 Å². The summed E-state index contributed by atoms with van der Waals surface area (Å²) in [4.78, 5) is 19.9. The van der Waals surface area contributed by atoms with Crippen LogP contribution < -0.4 is 0 Å². The minimum Gasteiger partial charge on any atom is -0.480 e. The number of aliphatic carboxylic acids is 2. The third-order valence-electron chi connectivity index (χ3n) is 1.05. The molecule has 2 N–H and O–H groups in total. The summed E-state index contributed by atoms with van der Waals surface area (Å²) in [7, 11) is 0. The Balaban J connectivity index is 3.19. The van der Waals surface area contributed by atoms with Crippen molar-refractivity contribution < 1.29 is 29.3 Å². The molecule has 0 saturated heterocycles. The van der Waals surface area contributed by atoms with Crippen LogP contribution in [0, 0.1) is 0 Å². The second-order valence-electron chi connectivity index (χ2n) is 2.29. The lowest BCUT2D eigenvalue weighted by molar-refractivity contribution is -0.142. The predicted octanol–water partition coefficient (Wildman–Crippen LogP) is -0.255.